The van der Waals surface area contributed by atoms with Gasteiger partial charge in [0, 0.05) is 31.0 Å². The van der Waals surface area contributed by atoms with Crippen LogP contribution in [0.3, 0.4) is 0 Å². The lowest BCUT2D eigenvalue weighted by molar-refractivity contribution is -0.137. The summed E-state index contributed by atoms with van der Waals surface area (Å²) in [5.41, 5.74) is 2.51. The zero-order chi connectivity index (χ0) is 24.9. The van der Waals surface area contributed by atoms with Crippen molar-refractivity contribution in [1.29, 1.82) is 0 Å². The number of alkyl halides is 3. The predicted octanol–water partition coefficient (Wildman–Crippen LogP) is 5.05. The molecule has 2 N–H and O–H groups in total. The van der Waals surface area contributed by atoms with Crippen molar-refractivity contribution >= 4 is 29.3 Å². The molecule has 2 aromatic rings. The third-order valence-electron chi connectivity index (χ3n) is 5.62. The molecule has 1 aliphatic heterocycles. The predicted molar refractivity (Wildman–Crippen MR) is 128 cm³/mol. The van der Waals surface area contributed by atoms with Crippen LogP contribution in [0.4, 0.5) is 24.5 Å². The topological polar surface area (TPSA) is 61.4 Å². The number of benzene rings is 2. The summed E-state index contributed by atoms with van der Waals surface area (Å²) in [6.07, 6.45) is 2.35. The number of carbonyl (C=O) groups excluding carboxylic acids is 2. The van der Waals surface area contributed by atoms with Crippen LogP contribution in [-0.4, -0.2) is 31.4 Å². The van der Waals surface area contributed by atoms with E-state index >= 15 is 0 Å². The fraction of sp³-hybridized carbons (Fsp3) is 0.308. The minimum Gasteiger partial charge on any atom is -0.362 e. The normalized spacial score (nSPS) is 17.0. The van der Waals surface area contributed by atoms with Crippen molar-refractivity contribution in [2.24, 2.45) is 5.92 Å². The van der Waals surface area contributed by atoms with Gasteiger partial charge in [-0.3, -0.25) is 9.59 Å². The average molecular weight is 472 g/mol. The second-order valence-corrected chi connectivity index (χ2v) is 8.51. The maximum atomic E-state index is 12.6. The molecular formula is C26H28F3N3O2. The highest BCUT2D eigenvalue weighted by atomic mass is 19.4. The van der Waals surface area contributed by atoms with Gasteiger partial charge in [-0.25, -0.2) is 0 Å². The summed E-state index contributed by atoms with van der Waals surface area (Å²) >= 11 is 0. The molecule has 0 saturated carbocycles. The molecule has 1 heterocycles. The van der Waals surface area contributed by atoms with E-state index in [4.69, 9.17) is 0 Å². The highest BCUT2D eigenvalue weighted by Gasteiger charge is 2.30. The Morgan fingerprint density at radius 1 is 1.15 bits per heavy atom. The fourth-order valence-electron chi connectivity index (χ4n) is 3.98. The van der Waals surface area contributed by atoms with Crippen LogP contribution in [0.15, 0.2) is 60.7 Å². The Balaban J connectivity index is 1.64. The van der Waals surface area contributed by atoms with Crippen molar-refractivity contribution in [1.82, 2.24) is 5.32 Å². The lowest BCUT2D eigenvalue weighted by atomic mass is 9.97. The van der Waals surface area contributed by atoms with Gasteiger partial charge in [-0.15, -0.1) is 0 Å². The average Bonchev–Trinajstić information content (AvgIpc) is 2.75. The Morgan fingerprint density at radius 2 is 1.85 bits per heavy atom. The zero-order valence-electron chi connectivity index (χ0n) is 19.3. The van der Waals surface area contributed by atoms with Crippen molar-refractivity contribution in [3.8, 4) is 0 Å². The molecule has 0 aromatic heterocycles. The number of hydrogen-bond donors (Lipinski definition) is 2. The van der Waals surface area contributed by atoms with Crippen molar-refractivity contribution in [2.45, 2.75) is 32.5 Å². The molecule has 2 aromatic carbocycles. The lowest BCUT2D eigenvalue weighted by Gasteiger charge is -2.35. The van der Waals surface area contributed by atoms with Crippen LogP contribution in [0.2, 0.25) is 0 Å². The first-order chi connectivity index (χ1) is 16.1. The summed E-state index contributed by atoms with van der Waals surface area (Å²) < 4.78 is 37.8. The Labute approximate surface area is 197 Å². The van der Waals surface area contributed by atoms with Gasteiger partial charge in [0.25, 0.3) is 0 Å². The Kier molecular flexibility index (Phi) is 7.81. The summed E-state index contributed by atoms with van der Waals surface area (Å²) in [5.74, 6) is -0.185. The largest absolute Gasteiger partial charge is 0.416 e. The maximum absolute atomic E-state index is 12.6. The van der Waals surface area contributed by atoms with Gasteiger partial charge >= 0.3 is 6.18 Å². The van der Waals surface area contributed by atoms with Crippen LogP contribution < -0.4 is 15.5 Å². The van der Waals surface area contributed by atoms with Gasteiger partial charge in [0.05, 0.1) is 5.56 Å². The minimum absolute atomic E-state index is 0.00927. The Bertz CT molecular complexity index is 1090. The van der Waals surface area contributed by atoms with Crippen molar-refractivity contribution in [2.75, 3.05) is 23.8 Å². The van der Waals surface area contributed by atoms with E-state index in [1.54, 1.807) is 18.2 Å². The number of allylic oxidation sites excluding steroid dienone is 2. The van der Waals surface area contributed by atoms with E-state index in [-0.39, 0.29) is 23.8 Å². The number of halogens is 3. The van der Waals surface area contributed by atoms with Crippen molar-refractivity contribution < 1.29 is 22.8 Å². The second-order valence-electron chi connectivity index (χ2n) is 8.51. The van der Waals surface area contributed by atoms with E-state index < -0.39 is 11.7 Å². The van der Waals surface area contributed by atoms with Gasteiger partial charge in [-0.05, 0) is 53.8 Å². The quantitative estimate of drug-likeness (QED) is 0.474. The first-order valence-electron chi connectivity index (χ1n) is 11.0. The molecule has 0 spiro atoms. The zero-order valence-corrected chi connectivity index (χ0v) is 19.3. The summed E-state index contributed by atoms with van der Waals surface area (Å²) in [4.78, 5) is 26.7. The van der Waals surface area contributed by atoms with Crippen LogP contribution in [0, 0.1) is 5.92 Å². The molecule has 0 fully saturated rings. The SMILES string of the molecule is CC(C)C1C(=O)NCCc2cc(NC(=O)/C=C/C=C/c3ccc(C(F)(F)F)cc3)ccc2N1C. The second kappa shape index (κ2) is 10.6. The van der Waals surface area contributed by atoms with E-state index in [0.717, 1.165) is 23.4 Å². The minimum atomic E-state index is -4.37. The van der Waals surface area contributed by atoms with Gasteiger partial charge in [0.2, 0.25) is 11.8 Å². The van der Waals surface area contributed by atoms with E-state index in [2.05, 4.69) is 10.6 Å². The van der Waals surface area contributed by atoms with Crippen molar-refractivity contribution in [3.05, 3.63) is 77.4 Å². The van der Waals surface area contributed by atoms with E-state index in [0.29, 0.717) is 24.2 Å². The summed E-state index contributed by atoms with van der Waals surface area (Å²) in [5, 5.41) is 5.78. The number of carbonyl (C=O) groups is 2. The maximum Gasteiger partial charge on any atom is 0.416 e. The number of nitrogens with zero attached hydrogens (tertiary/aromatic N) is 1. The molecular weight excluding hydrogens is 443 g/mol. The van der Waals surface area contributed by atoms with E-state index in [1.807, 2.05) is 37.9 Å². The molecule has 0 bridgehead atoms. The summed E-state index contributed by atoms with van der Waals surface area (Å²) in [7, 11) is 1.90. The number of fused-ring (bicyclic) bond motifs is 1. The lowest BCUT2D eigenvalue weighted by Crippen LogP contribution is -2.50. The third kappa shape index (κ3) is 6.27. The van der Waals surface area contributed by atoms with Gasteiger partial charge in [-0.2, -0.15) is 13.2 Å². The number of anilines is 2. The molecule has 3 rings (SSSR count). The molecule has 180 valence electrons. The van der Waals surface area contributed by atoms with Crippen LogP contribution in [0.25, 0.3) is 6.08 Å². The molecule has 34 heavy (non-hydrogen) atoms. The van der Waals surface area contributed by atoms with Gasteiger partial charge in [0.15, 0.2) is 0 Å². The summed E-state index contributed by atoms with van der Waals surface area (Å²) in [6, 6.07) is 10.1. The molecule has 5 nitrogen and oxygen atoms in total. The fourth-order valence-corrected chi connectivity index (χ4v) is 3.98. The van der Waals surface area contributed by atoms with E-state index in [1.165, 1.54) is 24.3 Å². The van der Waals surface area contributed by atoms with Gasteiger partial charge in [0.1, 0.15) is 6.04 Å². The molecule has 0 radical (unpaired) electrons. The first kappa shape index (κ1) is 25.1. The summed E-state index contributed by atoms with van der Waals surface area (Å²) in [6.45, 7) is 4.54. The number of rotatable bonds is 5. The van der Waals surface area contributed by atoms with Crippen LogP contribution in [-0.2, 0) is 22.2 Å². The third-order valence-corrected chi connectivity index (χ3v) is 5.62. The Morgan fingerprint density at radius 3 is 2.50 bits per heavy atom. The molecule has 8 heteroatoms. The standard InChI is InChI=1S/C26H28F3N3O2/c1-17(2)24-25(34)30-15-14-19-16-21(12-13-22(19)32(24)3)31-23(33)7-5-4-6-18-8-10-20(11-9-18)26(27,28)29/h4-13,16-17,24H,14-15H2,1-3H3,(H,30,34)(H,31,33)/b6-4+,7-5+. The van der Waals surface area contributed by atoms with Crippen LogP contribution in [0.5, 0.6) is 0 Å². The first-order valence-corrected chi connectivity index (χ1v) is 11.0. The number of amides is 2. The smallest absolute Gasteiger partial charge is 0.362 e. The van der Waals surface area contributed by atoms with Crippen LogP contribution in [0.1, 0.15) is 30.5 Å². The molecule has 1 atom stereocenters. The molecule has 1 unspecified atom stereocenters. The number of nitrogens with one attached hydrogen (secondary N) is 2. The van der Waals surface area contributed by atoms with Gasteiger partial charge < -0.3 is 15.5 Å². The van der Waals surface area contributed by atoms with Crippen molar-refractivity contribution in [3.63, 3.8) is 0 Å². The molecule has 0 saturated heterocycles. The van der Waals surface area contributed by atoms with E-state index in [9.17, 15) is 22.8 Å². The highest BCUT2D eigenvalue weighted by Crippen LogP contribution is 2.30. The van der Waals surface area contributed by atoms with Gasteiger partial charge in [-0.1, -0.05) is 44.2 Å². The molecule has 1 aliphatic rings. The highest BCUT2D eigenvalue weighted by molar-refractivity contribution is 5.99. The molecule has 0 aliphatic carbocycles. The Hall–Kier alpha value is -3.55. The molecule has 2 amide bonds. The van der Waals surface area contributed by atoms with Crippen LogP contribution >= 0.6 is 0 Å². The number of hydrogen-bond acceptors (Lipinski definition) is 3. The monoisotopic (exact) mass is 471 g/mol. The number of likely N-dealkylation sites (N-methyl/N-ethyl adjacent to an activating group) is 1.